The van der Waals surface area contributed by atoms with Crippen molar-refractivity contribution in [2.24, 2.45) is 0 Å². The van der Waals surface area contributed by atoms with Crippen LogP contribution in [0.2, 0.25) is 0 Å². The van der Waals surface area contributed by atoms with E-state index in [2.05, 4.69) is 6.92 Å². The molecule has 0 aromatic heterocycles. The van der Waals surface area contributed by atoms with Crippen LogP contribution < -0.4 is 4.31 Å². The number of aryl methyl sites for hydroxylation is 1. The van der Waals surface area contributed by atoms with Gasteiger partial charge in [-0.25, -0.2) is 8.42 Å². The normalized spacial score (nSPS) is 11.4. The first kappa shape index (κ1) is 11.0. The number of anilines is 1. The van der Waals surface area contributed by atoms with Gasteiger partial charge in [0.2, 0.25) is 10.0 Å². The van der Waals surface area contributed by atoms with Gasteiger partial charge in [0.15, 0.2) is 0 Å². The molecule has 0 N–H and O–H groups in total. The molecule has 1 aromatic rings. The van der Waals surface area contributed by atoms with Gasteiger partial charge in [0.1, 0.15) is 0 Å². The Labute approximate surface area is 85.4 Å². The van der Waals surface area contributed by atoms with Crippen LogP contribution >= 0.6 is 0 Å². The largest absolute Gasteiger partial charge is 0.274 e. The highest BCUT2D eigenvalue weighted by Crippen LogP contribution is 2.16. The fourth-order valence-corrected chi connectivity index (χ4v) is 1.64. The van der Waals surface area contributed by atoms with Gasteiger partial charge in [0, 0.05) is 7.05 Å². The van der Waals surface area contributed by atoms with Crippen molar-refractivity contribution < 1.29 is 8.42 Å². The lowest BCUT2D eigenvalue weighted by atomic mass is 10.1. The molecule has 4 heteroatoms. The first-order valence-corrected chi connectivity index (χ1v) is 6.33. The van der Waals surface area contributed by atoms with Crippen LogP contribution in [0.15, 0.2) is 24.3 Å². The van der Waals surface area contributed by atoms with Crippen LogP contribution in [-0.2, 0) is 16.4 Å². The quantitative estimate of drug-likeness (QED) is 0.765. The molecule has 0 saturated carbocycles. The van der Waals surface area contributed by atoms with Crippen molar-refractivity contribution in [2.75, 3.05) is 17.6 Å². The summed E-state index contributed by atoms with van der Waals surface area (Å²) >= 11 is 0. The topological polar surface area (TPSA) is 37.4 Å². The summed E-state index contributed by atoms with van der Waals surface area (Å²) < 4.78 is 23.7. The number of benzene rings is 1. The second-order valence-corrected chi connectivity index (χ2v) is 5.26. The van der Waals surface area contributed by atoms with E-state index in [9.17, 15) is 8.42 Å². The summed E-state index contributed by atoms with van der Waals surface area (Å²) in [7, 11) is -1.59. The Hall–Kier alpha value is -1.03. The Morgan fingerprint density at radius 1 is 1.21 bits per heavy atom. The Morgan fingerprint density at radius 2 is 1.71 bits per heavy atom. The van der Waals surface area contributed by atoms with Crippen molar-refractivity contribution in [2.45, 2.75) is 13.3 Å². The number of hydrogen-bond donors (Lipinski definition) is 0. The predicted molar refractivity (Wildman–Crippen MR) is 59.1 cm³/mol. The van der Waals surface area contributed by atoms with Crippen molar-refractivity contribution in [3.8, 4) is 0 Å². The lowest BCUT2D eigenvalue weighted by Gasteiger charge is -2.16. The second-order valence-electron chi connectivity index (χ2n) is 3.25. The van der Waals surface area contributed by atoms with Crippen molar-refractivity contribution in [1.29, 1.82) is 0 Å². The van der Waals surface area contributed by atoms with Gasteiger partial charge in [-0.2, -0.15) is 0 Å². The minimum Gasteiger partial charge on any atom is -0.274 e. The molecule has 0 aliphatic heterocycles. The van der Waals surface area contributed by atoms with E-state index in [1.807, 2.05) is 24.3 Å². The van der Waals surface area contributed by atoms with Crippen LogP contribution in [-0.4, -0.2) is 21.7 Å². The van der Waals surface area contributed by atoms with Gasteiger partial charge in [-0.05, 0) is 24.1 Å². The van der Waals surface area contributed by atoms with Crippen molar-refractivity contribution in [3.63, 3.8) is 0 Å². The molecule has 3 nitrogen and oxygen atoms in total. The summed E-state index contributed by atoms with van der Waals surface area (Å²) in [4.78, 5) is 0. The molecule has 0 saturated heterocycles. The maximum atomic E-state index is 11.2. The molecule has 0 heterocycles. The molecule has 0 bridgehead atoms. The maximum Gasteiger partial charge on any atom is 0.231 e. The summed E-state index contributed by atoms with van der Waals surface area (Å²) in [6.07, 6.45) is 2.16. The lowest BCUT2D eigenvalue weighted by Crippen LogP contribution is -2.24. The molecule has 0 fully saturated rings. The number of sulfonamides is 1. The highest BCUT2D eigenvalue weighted by atomic mass is 32.2. The van der Waals surface area contributed by atoms with E-state index in [1.165, 1.54) is 16.1 Å². The molecule has 0 aliphatic carbocycles. The van der Waals surface area contributed by atoms with Crippen LogP contribution in [0.4, 0.5) is 5.69 Å². The smallest absolute Gasteiger partial charge is 0.231 e. The second kappa shape index (κ2) is 4.00. The first-order valence-electron chi connectivity index (χ1n) is 4.48. The zero-order chi connectivity index (χ0) is 10.8. The molecule has 14 heavy (non-hydrogen) atoms. The van der Waals surface area contributed by atoms with Gasteiger partial charge in [-0.3, -0.25) is 4.31 Å². The van der Waals surface area contributed by atoms with E-state index >= 15 is 0 Å². The van der Waals surface area contributed by atoms with E-state index in [-0.39, 0.29) is 0 Å². The highest BCUT2D eigenvalue weighted by molar-refractivity contribution is 7.92. The van der Waals surface area contributed by atoms with E-state index in [0.29, 0.717) is 5.69 Å². The Bertz CT molecular complexity index is 395. The third kappa shape index (κ3) is 2.48. The van der Waals surface area contributed by atoms with E-state index in [0.717, 1.165) is 6.42 Å². The monoisotopic (exact) mass is 213 g/mol. The zero-order valence-corrected chi connectivity index (χ0v) is 9.50. The summed E-state index contributed by atoms with van der Waals surface area (Å²) in [6, 6.07) is 7.52. The molecule has 78 valence electrons. The van der Waals surface area contributed by atoms with Crippen molar-refractivity contribution in [1.82, 2.24) is 0 Å². The van der Waals surface area contributed by atoms with Crippen LogP contribution in [0, 0.1) is 0 Å². The van der Waals surface area contributed by atoms with Gasteiger partial charge < -0.3 is 0 Å². The minimum absolute atomic E-state index is 0.699. The van der Waals surface area contributed by atoms with E-state index < -0.39 is 10.0 Å². The average molecular weight is 213 g/mol. The lowest BCUT2D eigenvalue weighted by molar-refractivity contribution is 0.600. The summed E-state index contributed by atoms with van der Waals surface area (Å²) in [5.74, 6) is 0. The van der Waals surface area contributed by atoms with Crippen molar-refractivity contribution in [3.05, 3.63) is 29.8 Å². The van der Waals surface area contributed by atoms with Crippen LogP contribution in [0.1, 0.15) is 12.5 Å². The Kier molecular flexibility index (Phi) is 3.16. The molecular weight excluding hydrogens is 198 g/mol. The molecule has 0 spiro atoms. The molecule has 0 atom stereocenters. The van der Waals surface area contributed by atoms with Crippen LogP contribution in [0.25, 0.3) is 0 Å². The fourth-order valence-electron chi connectivity index (χ4n) is 1.13. The highest BCUT2D eigenvalue weighted by Gasteiger charge is 2.10. The molecule has 0 unspecified atom stereocenters. The molecule has 0 radical (unpaired) electrons. The maximum absolute atomic E-state index is 11.2. The van der Waals surface area contributed by atoms with Gasteiger partial charge in [-0.15, -0.1) is 0 Å². The Morgan fingerprint density at radius 3 is 2.07 bits per heavy atom. The third-order valence-corrected chi connectivity index (χ3v) is 3.41. The Balaban J connectivity index is 2.98. The van der Waals surface area contributed by atoms with E-state index in [1.54, 1.807) is 7.05 Å². The number of rotatable bonds is 3. The number of hydrogen-bond acceptors (Lipinski definition) is 2. The summed E-state index contributed by atoms with van der Waals surface area (Å²) in [5, 5.41) is 0. The fraction of sp³-hybridized carbons (Fsp3) is 0.400. The summed E-state index contributed by atoms with van der Waals surface area (Å²) in [6.45, 7) is 2.06. The standard InChI is InChI=1S/C10H15NO2S/c1-4-9-5-7-10(8-6-9)11(2)14(3,12)13/h5-8H,4H2,1-3H3. The zero-order valence-electron chi connectivity index (χ0n) is 8.69. The average Bonchev–Trinajstić information content (AvgIpc) is 2.15. The van der Waals surface area contributed by atoms with Gasteiger partial charge in [0.25, 0.3) is 0 Å². The predicted octanol–water partition coefficient (Wildman–Crippen LogP) is 1.64. The summed E-state index contributed by atoms with van der Waals surface area (Å²) in [5.41, 5.74) is 1.90. The molecule has 1 aromatic carbocycles. The van der Waals surface area contributed by atoms with Crippen molar-refractivity contribution >= 4 is 15.7 Å². The molecular formula is C10H15NO2S. The van der Waals surface area contributed by atoms with Gasteiger partial charge in [0.05, 0.1) is 11.9 Å². The number of nitrogens with zero attached hydrogens (tertiary/aromatic N) is 1. The molecule has 0 aliphatic rings. The van der Waals surface area contributed by atoms with Gasteiger partial charge in [-0.1, -0.05) is 19.1 Å². The first-order chi connectivity index (χ1) is 6.45. The third-order valence-electron chi connectivity index (χ3n) is 2.21. The molecule has 1 rings (SSSR count). The SMILES string of the molecule is CCc1ccc(N(C)S(C)(=O)=O)cc1. The minimum atomic E-state index is -3.14. The van der Waals surface area contributed by atoms with Crippen LogP contribution in [0.5, 0.6) is 0 Å². The van der Waals surface area contributed by atoms with E-state index in [4.69, 9.17) is 0 Å². The van der Waals surface area contributed by atoms with Crippen LogP contribution in [0.3, 0.4) is 0 Å². The molecule has 0 amide bonds. The van der Waals surface area contributed by atoms with Gasteiger partial charge >= 0.3 is 0 Å².